The number of unbranched alkanes of at least 4 members (excludes halogenated alkanes) is 1. The third-order valence-electron chi connectivity index (χ3n) is 2.01. The Balaban J connectivity index is 0. The molecule has 0 heterocycles. The van der Waals surface area contributed by atoms with Crippen LogP contribution in [0.25, 0.3) is 0 Å². The van der Waals surface area contributed by atoms with Crippen molar-refractivity contribution in [2.24, 2.45) is 0 Å². The third-order valence-corrected chi connectivity index (χ3v) is 2.42. The summed E-state index contributed by atoms with van der Waals surface area (Å²) in [5, 5.41) is 0. The minimum absolute atomic E-state index is 0.282. The molecule has 0 saturated carbocycles. The highest BCUT2D eigenvalue weighted by Crippen LogP contribution is 1.99. The average Bonchev–Trinajstić information content (AvgIpc) is 2.26. The number of esters is 1. The maximum absolute atomic E-state index is 11.0. The van der Waals surface area contributed by atoms with Crippen LogP contribution in [-0.4, -0.2) is 64.8 Å². The van der Waals surface area contributed by atoms with E-state index in [0.717, 1.165) is 31.0 Å². The predicted molar refractivity (Wildman–Crippen MR) is 74.6 cm³/mol. The first-order chi connectivity index (χ1) is 8.89. The molecular weight excluding hydrogens is 286 g/mol. The van der Waals surface area contributed by atoms with Crippen molar-refractivity contribution in [2.45, 2.75) is 19.8 Å². The molecule has 0 amide bonds. The first-order valence-corrected chi connectivity index (χ1v) is 7.37. The average molecular weight is 311 g/mol. The van der Waals surface area contributed by atoms with E-state index in [1.165, 1.54) is 0 Å². The summed E-state index contributed by atoms with van der Waals surface area (Å²) in [5.74, 6) is -0.282. The van der Waals surface area contributed by atoms with E-state index in [9.17, 15) is 17.8 Å². The van der Waals surface area contributed by atoms with Gasteiger partial charge in [0.15, 0.2) is 0 Å². The van der Waals surface area contributed by atoms with Gasteiger partial charge >= 0.3 is 5.97 Å². The molecule has 0 saturated heterocycles. The van der Waals surface area contributed by atoms with Crippen molar-refractivity contribution in [3.8, 4) is 0 Å². The van der Waals surface area contributed by atoms with Crippen LogP contribution in [0.2, 0.25) is 0 Å². The Hall–Kier alpha value is -0.960. The number of quaternary nitrogens is 1. The molecule has 20 heavy (non-hydrogen) atoms. The Morgan fingerprint density at radius 3 is 2.00 bits per heavy atom. The van der Waals surface area contributed by atoms with E-state index in [1.807, 2.05) is 0 Å². The second kappa shape index (κ2) is 9.87. The standard InChI is InChI=1S/C11H22NO2.CH4O4S/c1-10(2)11(13)14-9-7-6-8-12(3,4)5;1-5-6(2,3)4/h1,6-9H2,2-5H3;1H3,(H,2,3,4)/q+1;/p-1. The van der Waals surface area contributed by atoms with Crippen molar-refractivity contribution >= 4 is 16.4 Å². The lowest BCUT2D eigenvalue weighted by molar-refractivity contribution is -0.870. The lowest BCUT2D eigenvalue weighted by atomic mass is 10.3. The molecule has 0 aliphatic rings. The topological polar surface area (TPSA) is 92.7 Å². The summed E-state index contributed by atoms with van der Waals surface area (Å²) in [5.41, 5.74) is 0.469. The summed E-state index contributed by atoms with van der Waals surface area (Å²) < 4.78 is 36.9. The van der Waals surface area contributed by atoms with Gasteiger partial charge < -0.3 is 13.8 Å². The Kier molecular flexibility index (Phi) is 10.5. The van der Waals surface area contributed by atoms with Gasteiger partial charge in [-0.15, -0.1) is 0 Å². The first kappa shape index (κ1) is 21.3. The maximum Gasteiger partial charge on any atom is 0.333 e. The molecule has 120 valence electrons. The van der Waals surface area contributed by atoms with Gasteiger partial charge in [0.25, 0.3) is 0 Å². The molecule has 0 bridgehead atoms. The van der Waals surface area contributed by atoms with Crippen LogP contribution in [0, 0.1) is 0 Å². The molecule has 7 nitrogen and oxygen atoms in total. The van der Waals surface area contributed by atoms with E-state index >= 15 is 0 Å². The van der Waals surface area contributed by atoms with Crippen LogP contribution in [0.3, 0.4) is 0 Å². The highest BCUT2D eigenvalue weighted by molar-refractivity contribution is 7.80. The van der Waals surface area contributed by atoms with Gasteiger partial charge in [0.05, 0.1) is 41.4 Å². The Bertz CT molecular complexity index is 397. The normalized spacial score (nSPS) is 11.3. The number of carbonyl (C=O) groups is 1. The summed E-state index contributed by atoms with van der Waals surface area (Å²) in [7, 11) is 2.85. The quantitative estimate of drug-likeness (QED) is 0.171. The molecule has 0 aromatic heterocycles. The van der Waals surface area contributed by atoms with E-state index in [0.29, 0.717) is 12.2 Å². The zero-order chi connectivity index (χ0) is 16.4. The van der Waals surface area contributed by atoms with Crippen molar-refractivity contribution in [3.05, 3.63) is 12.2 Å². The summed E-state index contributed by atoms with van der Waals surface area (Å²) in [6, 6.07) is 0. The molecule has 8 heteroatoms. The van der Waals surface area contributed by atoms with Crippen molar-refractivity contribution in [1.82, 2.24) is 0 Å². The van der Waals surface area contributed by atoms with Crippen molar-refractivity contribution in [2.75, 3.05) is 41.4 Å². The first-order valence-electron chi connectivity index (χ1n) is 6.03. The number of nitrogens with zero attached hydrogens (tertiary/aromatic N) is 1. The second-order valence-electron chi connectivity index (χ2n) is 5.21. The highest BCUT2D eigenvalue weighted by atomic mass is 32.3. The van der Waals surface area contributed by atoms with Gasteiger partial charge in [0, 0.05) is 5.57 Å². The summed E-state index contributed by atoms with van der Waals surface area (Å²) in [6.07, 6.45) is 2.00. The van der Waals surface area contributed by atoms with Crippen molar-refractivity contribution in [3.63, 3.8) is 0 Å². The van der Waals surface area contributed by atoms with Gasteiger partial charge in [-0.25, -0.2) is 13.2 Å². The fourth-order valence-corrected chi connectivity index (χ4v) is 0.976. The molecule has 0 aromatic carbocycles. The SMILES string of the molecule is C=C(C)C(=O)OCCCC[N+](C)(C)C.COS(=O)(=O)[O-]. The van der Waals surface area contributed by atoms with Crippen LogP contribution in [0.15, 0.2) is 12.2 Å². The van der Waals surface area contributed by atoms with E-state index < -0.39 is 10.4 Å². The van der Waals surface area contributed by atoms with E-state index in [2.05, 4.69) is 31.9 Å². The van der Waals surface area contributed by atoms with Gasteiger partial charge in [-0.3, -0.25) is 4.18 Å². The van der Waals surface area contributed by atoms with Gasteiger partial charge in [-0.2, -0.15) is 0 Å². The molecule has 0 N–H and O–H groups in total. The molecule has 0 aromatic rings. The third kappa shape index (κ3) is 19.4. The minimum Gasteiger partial charge on any atom is -0.726 e. The van der Waals surface area contributed by atoms with Crippen LogP contribution in [0.4, 0.5) is 0 Å². The van der Waals surface area contributed by atoms with Crippen LogP contribution in [0.1, 0.15) is 19.8 Å². The number of hydrogen-bond donors (Lipinski definition) is 0. The van der Waals surface area contributed by atoms with Gasteiger partial charge in [0.2, 0.25) is 10.4 Å². The fourth-order valence-electron chi connectivity index (χ4n) is 0.976. The molecule has 0 unspecified atom stereocenters. The Morgan fingerprint density at radius 2 is 1.70 bits per heavy atom. The lowest BCUT2D eigenvalue weighted by Crippen LogP contribution is -2.35. The summed E-state index contributed by atoms with van der Waals surface area (Å²) in [6.45, 7) is 6.78. The van der Waals surface area contributed by atoms with Gasteiger partial charge in [-0.1, -0.05) is 6.58 Å². The largest absolute Gasteiger partial charge is 0.726 e. The lowest BCUT2D eigenvalue weighted by Gasteiger charge is -2.23. The monoisotopic (exact) mass is 311 g/mol. The van der Waals surface area contributed by atoms with Crippen LogP contribution >= 0.6 is 0 Å². The van der Waals surface area contributed by atoms with Crippen LogP contribution in [0.5, 0.6) is 0 Å². The number of carbonyl (C=O) groups excluding carboxylic acids is 1. The fraction of sp³-hybridized carbons (Fsp3) is 0.750. The Labute approximate surface area is 121 Å². The smallest absolute Gasteiger partial charge is 0.333 e. The number of ether oxygens (including phenoxy) is 1. The predicted octanol–water partition coefficient (Wildman–Crippen LogP) is 0.685. The molecule has 0 fully saturated rings. The van der Waals surface area contributed by atoms with Crippen molar-refractivity contribution in [1.29, 1.82) is 0 Å². The van der Waals surface area contributed by atoms with Crippen molar-refractivity contribution < 1.29 is 31.2 Å². The minimum atomic E-state index is -4.41. The van der Waals surface area contributed by atoms with Gasteiger partial charge in [-0.05, 0) is 19.8 Å². The summed E-state index contributed by atoms with van der Waals surface area (Å²) in [4.78, 5) is 11.0. The van der Waals surface area contributed by atoms with Gasteiger partial charge in [0.1, 0.15) is 0 Å². The molecule has 0 spiro atoms. The van der Waals surface area contributed by atoms with Crippen LogP contribution < -0.4 is 0 Å². The zero-order valence-corrected chi connectivity index (χ0v) is 13.7. The van der Waals surface area contributed by atoms with E-state index in [-0.39, 0.29) is 5.97 Å². The van der Waals surface area contributed by atoms with E-state index in [4.69, 9.17) is 4.74 Å². The molecule has 0 radical (unpaired) electrons. The number of hydrogen-bond acceptors (Lipinski definition) is 6. The maximum atomic E-state index is 11.0. The number of rotatable bonds is 7. The molecule has 0 aliphatic heterocycles. The second-order valence-corrected chi connectivity index (χ2v) is 6.36. The summed E-state index contributed by atoms with van der Waals surface area (Å²) >= 11 is 0. The Morgan fingerprint density at radius 1 is 1.25 bits per heavy atom. The highest BCUT2D eigenvalue weighted by Gasteiger charge is 2.06. The molecule has 0 rings (SSSR count). The zero-order valence-electron chi connectivity index (χ0n) is 12.8. The molecular formula is C12H25NO6S. The van der Waals surface area contributed by atoms with Crippen LogP contribution in [-0.2, 0) is 24.1 Å². The van der Waals surface area contributed by atoms with E-state index in [1.54, 1.807) is 6.92 Å². The molecule has 0 aliphatic carbocycles. The molecule has 0 atom stereocenters.